The summed E-state index contributed by atoms with van der Waals surface area (Å²) < 4.78 is 13.7. The molecule has 0 bridgehead atoms. The lowest BCUT2D eigenvalue weighted by molar-refractivity contribution is -0.119. The minimum absolute atomic E-state index is 0.0393. The third-order valence-electron chi connectivity index (χ3n) is 3.47. The molecule has 2 aromatic rings. The minimum Gasteiger partial charge on any atom is -0.370 e. The van der Waals surface area contributed by atoms with Gasteiger partial charge in [-0.05, 0) is 24.5 Å². The molecule has 1 heterocycles. The quantitative estimate of drug-likeness (QED) is 0.860. The zero-order valence-electron chi connectivity index (χ0n) is 13.6. The van der Waals surface area contributed by atoms with Gasteiger partial charge in [-0.1, -0.05) is 19.1 Å². The first-order valence-corrected chi connectivity index (χ1v) is 7.52. The van der Waals surface area contributed by atoms with Crippen LogP contribution in [0, 0.1) is 18.7 Å². The fourth-order valence-corrected chi connectivity index (χ4v) is 2.03. The van der Waals surface area contributed by atoms with Crippen molar-refractivity contribution in [3.63, 3.8) is 0 Å². The fourth-order valence-electron chi connectivity index (χ4n) is 2.03. The maximum atomic E-state index is 13.7. The van der Waals surface area contributed by atoms with E-state index in [-0.39, 0.29) is 17.6 Å². The summed E-state index contributed by atoms with van der Waals surface area (Å²) in [5.74, 6) is 0.641. The van der Waals surface area contributed by atoms with Gasteiger partial charge < -0.3 is 10.6 Å². The number of nitrogens with zero attached hydrogens (tertiary/aromatic N) is 2. The number of amides is 1. The van der Waals surface area contributed by atoms with Crippen LogP contribution in [0.25, 0.3) is 11.3 Å². The molecule has 0 spiro atoms. The molecule has 0 unspecified atom stereocenters. The molecule has 0 aliphatic rings. The number of benzene rings is 1. The first-order chi connectivity index (χ1) is 11.0. The number of halogens is 1. The van der Waals surface area contributed by atoms with Crippen LogP contribution in [0.1, 0.15) is 19.4 Å². The Bertz CT molecular complexity index is 690. The van der Waals surface area contributed by atoms with E-state index < -0.39 is 0 Å². The number of hydrogen-bond acceptors (Lipinski definition) is 4. The summed E-state index contributed by atoms with van der Waals surface area (Å²) in [4.78, 5) is 19.3. The highest BCUT2D eigenvalue weighted by atomic mass is 19.1. The molecule has 2 N–H and O–H groups in total. The van der Waals surface area contributed by atoms with E-state index in [1.54, 1.807) is 19.1 Å². The van der Waals surface area contributed by atoms with Crippen molar-refractivity contribution in [2.45, 2.75) is 20.8 Å². The van der Waals surface area contributed by atoms with E-state index in [4.69, 9.17) is 0 Å². The maximum absolute atomic E-state index is 13.7. The molecular formula is C17H21FN4O. The van der Waals surface area contributed by atoms with Gasteiger partial charge in [0.25, 0.3) is 0 Å². The highest BCUT2D eigenvalue weighted by Gasteiger charge is 2.07. The van der Waals surface area contributed by atoms with Gasteiger partial charge in [-0.15, -0.1) is 0 Å². The monoisotopic (exact) mass is 316 g/mol. The number of carbonyl (C=O) groups excluding carboxylic acids is 1. The van der Waals surface area contributed by atoms with Crippen molar-refractivity contribution >= 4 is 11.7 Å². The van der Waals surface area contributed by atoms with Crippen LogP contribution in [0.2, 0.25) is 0 Å². The molecule has 0 saturated carbocycles. The zero-order valence-corrected chi connectivity index (χ0v) is 13.6. The largest absolute Gasteiger partial charge is 0.370 e. The summed E-state index contributed by atoms with van der Waals surface area (Å²) in [7, 11) is 0. The number of nitrogens with one attached hydrogen (secondary N) is 2. The van der Waals surface area contributed by atoms with E-state index in [0.29, 0.717) is 35.7 Å². The second kappa shape index (κ2) is 7.67. The van der Waals surface area contributed by atoms with Crippen LogP contribution in [0.4, 0.5) is 10.2 Å². The Labute approximate surface area is 135 Å². The average Bonchev–Trinajstić information content (AvgIpc) is 2.54. The Morgan fingerprint density at radius 1 is 1.26 bits per heavy atom. The van der Waals surface area contributed by atoms with Gasteiger partial charge in [0.05, 0.1) is 5.69 Å². The van der Waals surface area contributed by atoms with Gasteiger partial charge in [0.1, 0.15) is 18.0 Å². The van der Waals surface area contributed by atoms with Crippen LogP contribution in [0.5, 0.6) is 0 Å². The molecule has 0 fully saturated rings. The van der Waals surface area contributed by atoms with Gasteiger partial charge >= 0.3 is 0 Å². The molecule has 23 heavy (non-hydrogen) atoms. The number of aryl methyl sites for hydroxylation is 1. The lowest BCUT2D eigenvalue weighted by Gasteiger charge is -2.13. The Hall–Kier alpha value is -2.50. The Morgan fingerprint density at radius 3 is 2.74 bits per heavy atom. The predicted octanol–water partition coefficient (Wildman–Crippen LogP) is 2.78. The van der Waals surface area contributed by atoms with Crippen LogP contribution < -0.4 is 10.6 Å². The summed E-state index contributed by atoms with van der Waals surface area (Å²) in [6.45, 7) is 6.52. The standard InChI is InChI=1S/C17H21FN4O/c1-11(8-19-13(3)23)9-20-17-7-16(21-10-22-17)14-5-4-12(2)15(18)6-14/h4-7,10-11H,8-9H2,1-3H3,(H,19,23)(H,20,21,22)/t11-/m0/s1. The van der Waals surface area contributed by atoms with E-state index >= 15 is 0 Å². The number of hydrogen-bond donors (Lipinski definition) is 2. The SMILES string of the molecule is CC(=O)NC[C@H](C)CNc1cc(-c2ccc(C)c(F)c2)ncn1. The third kappa shape index (κ3) is 5.02. The first kappa shape index (κ1) is 16.9. The van der Waals surface area contributed by atoms with Gasteiger partial charge in [-0.25, -0.2) is 14.4 Å². The van der Waals surface area contributed by atoms with Crippen molar-refractivity contribution in [1.82, 2.24) is 15.3 Å². The minimum atomic E-state index is -0.250. The van der Waals surface area contributed by atoms with Crippen molar-refractivity contribution < 1.29 is 9.18 Å². The highest BCUT2D eigenvalue weighted by Crippen LogP contribution is 2.21. The number of anilines is 1. The van der Waals surface area contributed by atoms with Gasteiger partial charge in [-0.3, -0.25) is 4.79 Å². The topological polar surface area (TPSA) is 66.9 Å². The van der Waals surface area contributed by atoms with Crippen LogP contribution in [0.3, 0.4) is 0 Å². The van der Waals surface area contributed by atoms with E-state index in [0.717, 1.165) is 0 Å². The summed E-state index contributed by atoms with van der Waals surface area (Å²) in [6, 6.07) is 6.83. The molecule has 1 atom stereocenters. The van der Waals surface area contributed by atoms with E-state index in [1.165, 1.54) is 19.3 Å². The smallest absolute Gasteiger partial charge is 0.216 e. The summed E-state index contributed by atoms with van der Waals surface area (Å²) in [5.41, 5.74) is 1.98. The third-order valence-corrected chi connectivity index (χ3v) is 3.47. The van der Waals surface area contributed by atoms with Gasteiger partial charge in [0.2, 0.25) is 5.91 Å². The molecule has 6 heteroatoms. The fraction of sp³-hybridized carbons (Fsp3) is 0.353. The predicted molar refractivity (Wildman–Crippen MR) is 88.5 cm³/mol. The van der Waals surface area contributed by atoms with E-state index in [2.05, 4.69) is 20.6 Å². The van der Waals surface area contributed by atoms with E-state index in [1.807, 2.05) is 13.0 Å². The Kier molecular flexibility index (Phi) is 5.62. The normalized spacial score (nSPS) is 11.8. The molecule has 1 amide bonds. The van der Waals surface area contributed by atoms with Crippen LogP contribution in [-0.2, 0) is 4.79 Å². The van der Waals surface area contributed by atoms with E-state index in [9.17, 15) is 9.18 Å². The van der Waals surface area contributed by atoms with Gasteiger partial charge in [-0.2, -0.15) is 0 Å². The summed E-state index contributed by atoms with van der Waals surface area (Å²) in [5, 5.41) is 5.99. The van der Waals surface area contributed by atoms with Gasteiger partial charge in [0, 0.05) is 31.6 Å². The Balaban J connectivity index is 2.02. The molecule has 122 valence electrons. The van der Waals surface area contributed by atoms with Gasteiger partial charge in [0.15, 0.2) is 0 Å². The lowest BCUT2D eigenvalue weighted by atomic mass is 10.1. The van der Waals surface area contributed by atoms with Crippen molar-refractivity contribution in [1.29, 1.82) is 0 Å². The second-order valence-electron chi connectivity index (χ2n) is 5.68. The van der Waals surface area contributed by atoms with Crippen molar-refractivity contribution in [2.75, 3.05) is 18.4 Å². The van der Waals surface area contributed by atoms with Crippen LogP contribution >= 0.6 is 0 Å². The summed E-state index contributed by atoms with van der Waals surface area (Å²) >= 11 is 0. The number of aromatic nitrogens is 2. The molecule has 1 aromatic carbocycles. The molecule has 1 aromatic heterocycles. The Morgan fingerprint density at radius 2 is 2.04 bits per heavy atom. The molecule has 2 rings (SSSR count). The first-order valence-electron chi connectivity index (χ1n) is 7.52. The highest BCUT2D eigenvalue weighted by molar-refractivity contribution is 5.72. The van der Waals surface area contributed by atoms with Crippen LogP contribution in [-0.4, -0.2) is 29.0 Å². The van der Waals surface area contributed by atoms with Crippen molar-refractivity contribution in [3.8, 4) is 11.3 Å². The molecule has 0 radical (unpaired) electrons. The molecule has 0 aliphatic heterocycles. The number of rotatable bonds is 6. The summed E-state index contributed by atoms with van der Waals surface area (Å²) in [6.07, 6.45) is 1.45. The maximum Gasteiger partial charge on any atom is 0.216 e. The molecular weight excluding hydrogens is 295 g/mol. The van der Waals surface area contributed by atoms with Crippen molar-refractivity contribution in [3.05, 3.63) is 42.0 Å². The molecule has 0 saturated heterocycles. The van der Waals surface area contributed by atoms with Crippen LogP contribution in [0.15, 0.2) is 30.6 Å². The average molecular weight is 316 g/mol. The second-order valence-corrected chi connectivity index (χ2v) is 5.68. The molecule has 0 aliphatic carbocycles. The zero-order chi connectivity index (χ0) is 16.8. The molecule has 5 nitrogen and oxygen atoms in total. The number of carbonyl (C=O) groups is 1. The lowest BCUT2D eigenvalue weighted by Crippen LogP contribution is -2.29. The van der Waals surface area contributed by atoms with Crippen molar-refractivity contribution in [2.24, 2.45) is 5.92 Å².